The lowest BCUT2D eigenvalue weighted by atomic mass is 10.4. The molecule has 2 rings (SSSR count). The Balaban J connectivity index is 2.62. The Morgan fingerprint density at radius 2 is 2.00 bits per heavy atom. The van der Waals surface area contributed by atoms with Gasteiger partial charge in [0.2, 0.25) is 5.91 Å². The van der Waals surface area contributed by atoms with Crippen molar-refractivity contribution >= 4 is 27.7 Å². The number of carbonyl (C=O) groups is 1. The molecule has 1 aromatic rings. The molecule has 0 aromatic heterocycles. The molecule has 0 unspecified atom stereocenters. The summed E-state index contributed by atoms with van der Waals surface area (Å²) in [6, 6.07) is 6.56. The van der Waals surface area contributed by atoms with Gasteiger partial charge in [0.25, 0.3) is 10.0 Å². The highest BCUT2D eigenvalue weighted by Crippen LogP contribution is 2.28. The average Bonchev–Trinajstić information content (AvgIpc) is 2.24. The van der Waals surface area contributed by atoms with Crippen molar-refractivity contribution in [2.45, 2.75) is 9.79 Å². The smallest absolute Gasteiger partial charge is 0.265 e. The van der Waals surface area contributed by atoms with Crippen LogP contribution in [0.2, 0.25) is 0 Å². The standard InChI is InChI=1S/C8H7NO3S2/c10-8-5-13-6-3-1-2-4-7(6)14(11,12)9-8/h1-4H,5H2,(H,9,10). The van der Waals surface area contributed by atoms with Gasteiger partial charge < -0.3 is 0 Å². The van der Waals surface area contributed by atoms with Crippen molar-refractivity contribution in [3.05, 3.63) is 24.3 Å². The van der Waals surface area contributed by atoms with Gasteiger partial charge in [-0.15, -0.1) is 11.8 Å². The molecule has 0 aliphatic carbocycles. The predicted octanol–water partition coefficient (Wildman–Crippen LogP) is 0.597. The van der Waals surface area contributed by atoms with Gasteiger partial charge in [0.05, 0.1) is 5.75 Å². The van der Waals surface area contributed by atoms with Gasteiger partial charge in [-0.1, -0.05) is 12.1 Å². The van der Waals surface area contributed by atoms with Crippen LogP contribution in [0.25, 0.3) is 0 Å². The van der Waals surface area contributed by atoms with Crippen LogP contribution in [0, 0.1) is 0 Å². The summed E-state index contributed by atoms with van der Waals surface area (Å²) in [7, 11) is -3.65. The maximum Gasteiger partial charge on any atom is 0.265 e. The number of hydrogen-bond donors (Lipinski definition) is 1. The average molecular weight is 229 g/mol. The minimum Gasteiger partial charge on any atom is -0.273 e. The molecule has 74 valence electrons. The molecule has 1 aliphatic heterocycles. The number of thioether (sulfide) groups is 1. The van der Waals surface area contributed by atoms with Crippen LogP contribution < -0.4 is 4.72 Å². The van der Waals surface area contributed by atoms with E-state index in [2.05, 4.69) is 0 Å². The molecule has 0 saturated carbocycles. The number of rotatable bonds is 0. The Kier molecular flexibility index (Phi) is 2.24. The zero-order valence-corrected chi connectivity index (χ0v) is 8.69. The highest BCUT2D eigenvalue weighted by Gasteiger charge is 2.24. The van der Waals surface area contributed by atoms with Crippen LogP contribution in [-0.4, -0.2) is 20.1 Å². The van der Waals surface area contributed by atoms with Crippen LogP contribution in [0.15, 0.2) is 34.1 Å². The second kappa shape index (κ2) is 3.29. The maximum atomic E-state index is 11.6. The molecule has 0 bridgehead atoms. The van der Waals surface area contributed by atoms with Crippen LogP contribution in [0.5, 0.6) is 0 Å². The van der Waals surface area contributed by atoms with Gasteiger partial charge in [-0.2, -0.15) is 0 Å². The van der Waals surface area contributed by atoms with Crippen molar-refractivity contribution in [2.24, 2.45) is 0 Å². The molecule has 0 saturated heterocycles. The van der Waals surface area contributed by atoms with Gasteiger partial charge in [0, 0.05) is 4.90 Å². The molecule has 1 heterocycles. The van der Waals surface area contributed by atoms with Crippen molar-refractivity contribution in [3.8, 4) is 0 Å². The second-order valence-electron chi connectivity index (χ2n) is 2.76. The summed E-state index contributed by atoms with van der Waals surface area (Å²) in [6.45, 7) is 0. The minimum absolute atomic E-state index is 0.135. The Morgan fingerprint density at radius 3 is 2.79 bits per heavy atom. The molecule has 6 heteroatoms. The van der Waals surface area contributed by atoms with Gasteiger partial charge in [-0.25, -0.2) is 13.1 Å². The molecular formula is C8H7NO3S2. The predicted molar refractivity (Wildman–Crippen MR) is 52.5 cm³/mol. The Labute approximate surface area is 85.8 Å². The van der Waals surface area contributed by atoms with E-state index in [9.17, 15) is 13.2 Å². The van der Waals surface area contributed by atoms with Crippen molar-refractivity contribution in [3.63, 3.8) is 0 Å². The first-order valence-electron chi connectivity index (χ1n) is 3.87. The van der Waals surface area contributed by atoms with Crippen LogP contribution in [0.4, 0.5) is 0 Å². The molecule has 14 heavy (non-hydrogen) atoms. The third kappa shape index (κ3) is 1.62. The molecule has 1 aromatic carbocycles. The Bertz CT molecular complexity index is 481. The molecule has 0 fully saturated rings. The maximum absolute atomic E-state index is 11.6. The van der Waals surface area contributed by atoms with Crippen molar-refractivity contribution in [1.82, 2.24) is 4.72 Å². The van der Waals surface area contributed by atoms with E-state index in [0.717, 1.165) is 0 Å². The fourth-order valence-corrected chi connectivity index (χ4v) is 3.58. The number of amides is 1. The zero-order valence-electron chi connectivity index (χ0n) is 7.06. The first-order chi connectivity index (χ1) is 6.59. The van der Waals surface area contributed by atoms with E-state index < -0.39 is 15.9 Å². The van der Waals surface area contributed by atoms with Crippen molar-refractivity contribution in [2.75, 3.05) is 5.75 Å². The Hall–Kier alpha value is -1.01. The van der Waals surface area contributed by atoms with Gasteiger partial charge in [0.15, 0.2) is 0 Å². The molecule has 1 N–H and O–H groups in total. The third-order valence-electron chi connectivity index (χ3n) is 1.75. The fourth-order valence-electron chi connectivity index (χ4n) is 1.17. The summed E-state index contributed by atoms with van der Waals surface area (Å²) in [4.78, 5) is 11.8. The van der Waals surface area contributed by atoms with Crippen LogP contribution in [-0.2, 0) is 14.8 Å². The highest BCUT2D eigenvalue weighted by atomic mass is 32.2. The molecule has 4 nitrogen and oxygen atoms in total. The first kappa shape index (κ1) is 9.54. The third-order valence-corrected chi connectivity index (χ3v) is 4.38. The summed E-state index contributed by atoms with van der Waals surface area (Å²) in [5, 5.41) is 0. The normalized spacial score (nSPS) is 19.3. The van der Waals surface area contributed by atoms with Crippen LogP contribution in [0.3, 0.4) is 0 Å². The minimum atomic E-state index is -3.65. The molecule has 0 radical (unpaired) electrons. The van der Waals surface area contributed by atoms with Crippen molar-refractivity contribution in [1.29, 1.82) is 0 Å². The number of nitrogens with one attached hydrogen (secondary N) is 1. The molecule has 1 aliphatic rings. The number of benzene rings is 1. The van der Waals surface area contributed by atoms with Crippen LogP contribution in [0.1, 0.15) is 0 Å². The van der Waals surface area contributed by atoms with E-state index in [4.69, 9.17) is 0 Å². The first-order valence-corrected chi connectivity index (χ1v) is 6.34. The summed E-state index contributed by atoms with van der Waals surface area (Å²) in [6.07, 6.45) is 0. The number of carbonyl (C=O) groups excluding carboxylic acids is 1. The van der Waals surface area contributed by atoms with Gasteiger partial charge >= 0.3 is 0 Å². The van der Waals surface area contributed by atoms with E-state index in [1.165, 1.54) is 17.8 Å². The molecular weight excluding hydrogens is 222 g/mol. The summed E-state index contributed by atoms with van der Waals surface area (Å²) >= 11 is 1.23. The highest BCUT2D eigenvalue weighted by molar-refractivity contribution is 8.01. The van der Waals surface area contributed by atoms with Crippen molar-refractivity contribution < 1.29 is 13.2 Å². The van der Waals surface area contributed by atoms with E-state index in [0.29, 0.717) is 4.90 Å². The SMILES string of the molecule is O=C1CSc2ccccc2S(=O)(=O)N1. The summed E-state index contributed by atoms with van der Waals surface area (Å²) in [5.74, 6) is -0.345. The number of sulfonamides is 1. The number of fused-ring (bicyclic) bond motifs is 1. The lowest BCUT2D eigenvalue weighted by Gasteiger charge is -2.03. The summed E-state index contributed by atoms with van der Waals surface area (Å²) in [5.41, 5.74) is 0. The lowest BCUT2D eigenvalue weighted by molar-refractivity contribution is -0.116. The number of hydrogen-bond acceptors (Lipinski definition) is 4. The fraction of sp³-hybridized carbons (Fsp3) is 0.125. The second-order valence-corrected chi connectivity index (χ2v) is 5.43. The molecule has 0 spiro atoms. The van der Waals surface area contributed by atoms with Gasteiger partial charge in [-0.3, -0.25) is 4.79 Å². The van der Waals surface area contributed by atoms with Gasteiger partial charge in [-0.05, 0) is 12.1 Å². The van der Waals surface area contributed by atoms with E-state index in [1.807, 2.05) is 4.72 Å². The summed E-state index contributed by atoms with van der Waals surface area (Å²) < 4.78 is 25.1. The quantitative estimate of drug-likeness (QED) is 0.707. The molecule has 1 amide bonds. The zero-order chi connectivity index (χ0) is 10.2. The largest absolute Gasteiger partial charge is 0.273 e. The van der Waals surface area contributed by atoms with E-state index in [-0.39, 0.29) is 10.6 Å². The van der Waals surface area contributed by atoms with Gasteiger partial charge in [0.1, 0.15) is 4.90 Å². The Morgan fingerprint density at radius 1 is 1.29 bits per heavy atom. The van der Waals surface area contributed by atoms with Crippen LogP contribution >= 0.6 is 11.8 Å². The van der Waals surface area contributed by atoms with E-state index >= 15 is 0 Å². The molecule has 0 atom stereocenters. The topological polar surface area (TPSA) is 63.2 Å². The van der Waals surface area contributed by atoms with E-state index in [1.54, 1.807) is 18.2 Å². The monoisotopic (exact) mass is 229 g/mol. The lowest BCUT2D eigenvalue weighted by Crippen LogP contribution is -2.30.